The first kappa shape index (κ1) is 18.6. The number of rotatable bonds is 2. The summed E-state index contributed by atoms with van der Waals surface area (Å²) in [6, 6.07) is 18.5. The van der Waals surface area contributed by atoms with Crippen LogP contribution in [-0.2, 0) is 0 Å². The van der Waals surface area contributed by atoms with Crippen molar-refractivity contribution in [1.29, 1.82) is 5.26 Å². The summed E-state index contributed by atoms with van der Waals surface area (Å²) in [4.78, 5) is 17.4. The van der Waals surface area contributed by atoms with Crippen LogP contribution in [0.2, 0.25) is 0 Å². The van der Waals surface area contributed by atoms with Gasteiger partial charge in [0.1, 0.15) is 34.4 Å². The molecule has 5 rings (SSSR count). The molecule has 0 fully saturated rings. The maximum absolute atomic E-state index is 13.0. The Morgan fingerprint density at radius 1 is 1.10 bits per heavy atom. The molecule has 2 aromatic carbocycles. The maximum atomic E-state index is 13.0. The van der Waals surface area contributed by atoms with Crippen molar-refractivity contribution in [2.45, 2.75) is 13.8 Å². The van der Waals surface area contributed by atoms with E-state index in [4.69, 9.17) is 4.42 Å². The number of hydrogen-bond acceptors (Lipinski definition) is 6. The predicted molar refractivity (Wildman–Crippen MR) is 116 cm³/mol. The van der Waals surface area contributed by atoms with Crippen LogP contribution >= 0.6 is 0 Å². The highest BCUT2D eigenvalue weighted by atomic mass is 16.4. The van der Waals surface area contributed by atoms with Gasteiger partial charge in [0.2, 0.25) is 0 Å². The fraction of sp³-hybridized carbons (Fsp3) is 0.0833. The first-order valence-corrected chi connectivity index (χ1v) is 9.61. The van der Waals surface area contributed by atoms with Crippen molar-refractivity contribution in [3.8, 4) is 34.2 Å². The van der Waals surface area contributed by atoms with E-state index in [0.717, 1.165) is 11.1 Å². The number of para-hydroxylation sites is 1. The number of pyridine rings is 1. The number of aryl methyl sites for hydroxylation is 2. The van der Waals surface area contributed by atoms with Crippen molar-refractivity contribution in [3.05, 3.63) is 82.0 Å². The van der Waals surface area contributed by atoms with E-state index in [-0.39, 0.29) is 11.3 Å². The summed E-state index contributed by atoms with van der Waals surface area (Å²) in [5, 5.41) is 25.7. The van der Waals surface area contributed by atoms with E-state index in [9.17, 15) is 15.2 Å². The number of aromatic nitrogens is 3. The molecule has 7 heteroatoms. The quantitative estimate of drug-likeness (QED) is 0.435. The summed E-state index contributed by atoms with van der Waals surface area (Å²) < 4.78 is 6.99. The third-order valence-electron chi connectivity index (χ3n) is 5.27. The van der Waals surface area contributed by atoms with E-state index in [1.165, 1.54) is 4.52 Å². The van der Waals surface area contributed by atoms with Crippen LogP contribution < -0.4 is 5.63 Å². The van der Waals surface area contributed by atoms with Gasteiger partial charge in [-0.15, -0.1) is 0 Å². The van der Waals surface area contributed by atoms with Gasteiger partial charge in [-0.1, -0.05) is 42.5 Å². The molecule has 0 spiro atoms. The lowest BCUT2D eigenvalue weighted by atomic mass is 9.98. The molecule has 0 amide bonds. The predicted octanol–water partition coefficient (Wildman–Crippen LogP) is 4.36. The first-order chi connectivity index (χ1) is 15.0. The largest absolute Gasteiger partial charge is 0.506 e. The molecule has 0 aliphatic carbocycles. The number of fused-ring (bicyclic) bond motifs is 2. The minimum absolute atomic E-state index is 0.0327. The minimum Gasteiger partial charge on any atom is -0.506 e. The van der Waals surface area contributed by atoms with E-state index >= 15 is 0 Å². The van der Waals surface area contributed by atoms with Crippen LogP contribution in [0.4, 0.5) is 0 Å². The third-order valence-corrected chi connectivity index (χ3v) is 5.27. The van der Waals surface area contributed by atoms with Crippen molar-refractivity contribution in [2.24, 2.45) is 0 Å². The lowest BCUT2D eigenvalue weighted by Crippen LogP contribution is -2.09. The van der Waals surface area contributed by atoms with Crippen LogP contribution in [0.15, 0.2) is 63.8 Å². The highest BCUT2D eigenvalue weighted by Gasteiger charge is 2.24. The van der Waals surface area contributed by atoms with E-state index in [1.54, 1.807) is 38.1 Å². The van der Waals surface area contributed by atoms with Crippen LogP contribution in [0.5, 0.6) is 5.75 Å². The van der Waals surface area contributed by atoms with Gasteiger partial charge in [-0.05, 0) is 37.1 Å². The molecule has 7 nitrogen and oxygen atoms in total. The molecule has 0 bridgehead atoms. The molecule has 5 aromatic rings. The van der Waals surface area contributed by atoms with Crippen LogP contribution in [0.3, 0.4) is 0 Å². The van der Waals surface area contributed by atoms with E-state index in [1.807, 2.05) is 30.3 Å². The number of nitrogens with zero attached hydrogens (tertiary/aromatic N) is 4. The topological polar surface area (TPSA) is 104 Å². The molecule has 0 radical (unpaired) electrons. The standard InChI is InChI=1S/C24H16N4O3/c1-13-7-6-10-16-21(29)20(24(30)31-22(13)16)19-11-17(15-8-4-3-5-9-15)18(12-25)23-26-14(2)27-28(19)23/h3-11,29H,1-2H3. The Balaban J connectivity index is 1.95. The SMILES string of the molecule is Cc1nc2c(C#N)c(-c3ccccc3)cc(-c3c(O)c4cccc(C)c4oc3=O)n2n1. The molecule has 1 N–H and O–H groups in total. The third kappa shape index (κ3) is 2.77. The van der Waals surface area contributed by atoms with E-state index in [0.29, 0.717) is 39.3 Å². The zero-order chi connectivity index (χ0) is 21.7. The Kier molecular flexibility index (Phi) is 4.09. The molecule has 0 aliphatic rings. The molecule has 0 unspecified atom stereocenters. The average Bonchev–Trinajstić information content (AvgIpc) is 3.16. The summed E-state index contributed by atoms with van der Waals surface area (Å²) in [5.41, 5.74) is 2.63. The number of hydrogen-bond donors (Lipinski definition) is 1. The zero-order valence-corrected chi connectivity index (χ0v) is 16.7. The van der Waals surface area contributed by atoms with Crippen molar-refractivity contribution in [3.63, 3.8) is 0 Å². The Hall–Kier alpha value is -4.44. The van der Waals surface area contributed by atoms with Gasteiger partial charge in [0, 0.05) is 5.56 Å². The number of benzene rings is 2. The van der Waals surface area contributed by atoms with Crippen LogP contribution in [0, 0.1) is 25.2 Å². The molecule has 31 heavy (non-hydrogen) atoms. The van der Waals surface area contributed by atoms with Gasteiger partial charge in [-0.2, -0.15) is 10.4 Å². The van der Waals surface area contributed by atoms with E-state index in [2.05, 4.69) is 16.2 Å². The van der Waals surface area contributed by atoms with Crippen molar-refractivity contribution in [2.75, 3.05) is 0 Å². The summed E-state index contributed by atoms with van der Waals surface area (Å²) in [5.74, 6) is 0.233. The smallest absolute Gasteiger partial charge is 0.349 e. The van der Waals surface area contributed by atoms with Gasteiger partial charge >= 0.3 is 5.63 Å². The van der Waals surface area contributed by atoms with Gasteiger partial charge in [-0.3, -0.25) is 0 Å². The minimum atomic E-state index is -0.697. The highest BCUT2D eigenvalue weighted by molar-refractivity contribution is 5.92. The first-order valence-electron chi connectivity index (χ1n) is 9.61. The molecule has 3 aromatic heterocycles. The molecular weight excluding hydrogens is 392 g/mol. The molecular formula is C24H16N4O3. The summed E-state index contributed by atoms with van der Waals surface area (Å²) >= 11 is 0. The van der Waals surface area contributed by atoms with Crippen LogP contribution in [-0.4, -0.2) is 19.7 Å². The number of nitriles is 1. The van der Waals surface area contributed by atoms with Crippen LogP contribution in [0.1, 0.15) is 17.0 Å². The van der Waals surface area contributed by atoms with Crippen molar-refractivity contribution < 1.29 is 9.52 Å². The second kappa shape index (κ2) is 6.82. The molecule has 0 atom stereocenters. The lowest BCUT2D eigenvalue weighted by molar-refractivity contribution is 0.470. The average molecular weight is 408 g/mol. The monoisotopic (exact) mass is 408 g/mol. The summed E-state index contributed by atoms with van der Waals surface area (Å²) in [6.07, 6.45) is 0. The fourth-order valence-corrected chi connectivity index (χ4v) is 3.84. The Morgan fingerprint density at radius 2 is 1.87 bits per heavy atom. The Labute approximate surface area is 176 Å². The van der Waals surface area contributed by atoms with Gasteiger partial charge < -0.3 is 9.52 Å². The Morgan fingerprint density at radius 3 is 2.61 bits per heavy atom. The summed E-state index contributed by atoms with van der Waals surface area (Å²) in [6.45, 7) is 3.50. The Bertz CT molecular complexity index is 1590. The van der Waals surface area contributed by atoms with Gasteiger partial charge in [-0.25, -0.2) is 14.3 Å². The second-order valence-corrected chi connectivity index (χ2v) is 7.26. The van der Waals surface area contributed by atoms with Gasteiger partial charge in [0.25, 0.3) is 0 Å². The molecule has 0 saturated carbocycles. The molecule has 3 heterocycles. The maximum Gasteiger partial charge on any atom is 0.349 e. The molecule has 0 aliphatic heterocycles. The molecule has 150 valence electrons. The van der Waals surface area contributed by atoms with Crippen molar-refractivity contribution in [1.82, 2.24) is 14.6 Å². The fourth-order valence-electron chi connectivity index (χ4n) is 3.84. The highest BCUT2D eigenvalue weighted by Crippen LogP contribution is 2.37. The molecule has 0 saturated heterocycles. The zero-order valence-electron chi connectivity index (χ0n) is 16.7. The normalized spacial score (nSPS) is 11.1. The van der Waals surface area contributed by atoms with Gasteiger partial charge in [0.15, 0.2) is 5.65 Å². The lowest BCUT2D eigenvalue weighted by Gasteiger charge is -2.12. The van der Waals surface area contributed by atoms with E-state index < -0.39 is 5.63 Å². The summed E-state index contributed by atoms with van der Waals surface area (Å²) in [7, 11) is 0. The van der Waals surface area contributed by atoms with Crippen molar-refractivity contribution >= 4 is 16.6 Å². The van der Waals surface area contributed by atoms with Gasteiger partial charge in [0.05, 0.1) is 11.1 Å². The number of aromatic hydroxyl groups is 1. The second-order valence-electron chi connectivity index (χ2n) is 7.26. The van der Waals surface area contributed by atoms with Crippen LogP contribution in [0.25, 0.3) is 39.0 Å².